The Hall–Kier alpha value is -2.10. The van der Waals surface area contributed by atoms with E-state index in [1.54, 1.807) is 24.3 Å². The summed E-state index contributed by atoms with van der Waals surface area (Å²) in [5, 5.41) is 0. The summed E-state index contributed by atoms with van der Waals surface area (Å²) < 4.78 is 9.23. The van der Waals surface area contributed by atoms with Crippen LogP contribution in [0.15, 0.2) is 24.3 Å². The normalized spacial score (nSPS) is 10.4. The summed E-state index contributed by atoms with van der Waals surface area (Å²) in [6.07, 6.45) is 3.70. The van der Waals surface area contributed by atoms with Crippen LogP contribution in [-0.2, 0) is 14.3 Å². The minimum atomic E-state index is -0.365. The van der Waals surface area contributed by atoms with Crippen molar-refractivity contribution in [3.8, 4) is 0 Å². The highest BCUT2D eigenvalue weighted by atomic mass is 16.5. The number of hydrogen-bond acceptors (Lipinski definition) is 4. The van der Waals surface area contributed by atoms with E-state index in [0.717, 1.165) is 11.1 Å². The van der Waals surface area contributed by atoms with E-state index < -0.39 is 0 Å². The molecule has 96 valence electrons. The summed E-state index contributed by atoms with van der Waals surface area (Å²) in [5.74, 6) is -0.663. The summed E-state index contributed by atoms with van der Waals surface area (Å²) in [7, 11) is 2.70. The van der Waals surface area contributed by atoms with Crippen LogP contribution in [0.25, 0.3) is 6.08 Å². The van der Waals surface area contributed by atoms with E-state index >= 15 is 0 Å². The number of carbonyl (C=O) groups excluding carboxylic acids is 2. The van der Waals surface area contributed by atoms with Gasteiger partial charge in [0.2, 0.25) is 0 Å². The minimum absolute atomic E-state index is 0.207. The predicted molar refractivity (Wildman–Crippen MR) is 68.2 cm³/mol. The molecule has 4 nitrogen and oxygen atoms in total. The molecule has 0 atom stereocenters. The van der Waals surface area contributed by atoms with Crippen molar-refractivity contribution >= 4 is 18.0 Å². The molecule has 0 fully saturated rings. The second-order valence-electron chi connectivity index (χ2n) is 3.69. The van der Waals surface area contributed by atoms with Gasteiger partial charge in [-0.25, -0.2) is 4.79 Å². The van der Waals surface area contributed by atoms with Gasteiger partial charge in [-0.15, -0.1) is 0 Å². The Kier molecular flexibility index (Phi) is 5.11. The summed E-state index contributed by atoms with van der Waals surface area (Å²) in [5.41, 5.74) is 2.23. The molecule has 0 saturated heterocycles. The number of methoxy groups -OCH3 is 2. The molecule has 0 aliphatic rings. The third-order valence-corrected chi connectivity index (χ3v) is 2.59. The number of benzene rings is 1. The molecule has 1 rings (SSSR count). The minimum Gasteiger partial charge on any atom is -0.469 e. The van der Waals surface area contributed by atoms with Crippen molar-refractivity contribution in [2.24, 2.45) is 0 Å². The molecule has 0 radical (unpaired) electrons. The molecule has 0 bridgehead atoms. The predicted octanol–water partition coefficient (Wildman–Crippen LogP) is 2.36. The molecule has 4 heteroatoms. The molecular weight excluding hydrogens is 232 g/mol. The molecule has 0 amide bonds. The van der Waals surface area contributed by atoms with Gasteiger partial charge >= 0.3 is 11.9 Å². The highest BCUT2D eigenvalue weighted by molar-refractivity contribution is 5.92. The Bertz CT molecular complexity index is 475. The molecule has 0 unspecified atom stereocenters. The molecule has 1 aromatic carbocycles. The molecule has 18 heavy (non-hydrogen) atoms. The molecule has 0 aromatic heterocycles. The van der Waals surface area contributed by atoms with Gasteiger partial charge in [-0.05, 0) is 24.1 Å². The van der Waals surface area contributed by atoms with Gasteiger partial charge in [0.25, 0.3) is 0 Å². The van der Waals surface area contributed by atoms with E-state index in [9.17, 15) is 9.59 Å². The highest BCUT2D eigenvalue weighted by Crippen LogP contribution is 2.16. The first-order valence-electron chi connectivity index (χ1n) is 5.51. The molecule has 0 spiro atoms. The highest BCUT2D eigenvalue weighted by Gasteiger charge is 2.10. The largest absolute Gasteiger partial charge is 0.469 e. The fourth-order valence-electron chi connectivity index (χ4n) is 1.53. The molecule has 0 aliphatic carbocycles. The van der Waals surface area contributed by atoms with Gasteiger partial charge in [0.1, 0.15) is 0 Å². The molecular formula is C14H16O4. The maximum Gasteiger partial charge on any atom is 0.338 e. The van der Waals surface area contributed by atoms with Gasteiger partial charge < -0.3 is 9.47 Å². The summed E-state index contributed by atoms with van der Waals surface area (Å²) in [4.78, 5) is 22.5. The zero-order valence-corrected chi connectivity index (χ0v) is 10.7. The Balaban J connectivity index is 2.90. The Morgan fingerprint density at radius 1 is 1.22 bits per heavy atom. The average molecular weight is 248 g/mol. The van der Waals surface area contributed by atoms with Gasteiger partial charge in [0, 0.05) is 0 Å². The second-order valence-corrected chi connectivity index (χ2v) is 3.69. The van der Waals surface area contributed by atoms with E-state index in [1.807, 2.05) is 13.0 Å². The molecule has 1 aromatic rings. The lowest BCUT2D eigenvalue weighted by Crippen LogP contribution is -2.04. The third kappa shape index (κ3) is 3.45. The molecule has 0 N–H and O–H groups in total. The number of rotatable bonds is 4. The van der Waals surface area contributed by atoms with Crippen LogP contribution >= 0.6 is 0 Å². The topological polar surface area (TPSA) is 52.6 Å². The van der Waals surface area contributed by atoms with Crippen molar-refractivity contribution < 1.29 is 19.1 Å². The zero-order valence-electron chi connectivity index (χ0n) is 10.7. The first-order valence-corrected chi connectivity index (χ1v) is 5.51. The van der Waals surface area contributed by atoms with Crippen molar-refractivity contribution in [2.45, 2.75) is 13.3 Å². The summed E-state index contributed by atoms with van der Waals surface area (Å²) in [6.45, 7) is 1.84. The first kappa shape index (κ1) is 14.0. The van der Waals surface area contributed by atoms with Crippen LogP contribution in [0.5, 0.6) is 0 Å². The lowest BCUT2D eigenvalue weighted by Gasteiger charge is -2.06. The first-order chi connectivity index (χ1) is 8.60. The zero-order chi connectivity index (χ0) is 13.5. The molecule has 0 heterocycles. The van der Waals surface area contributed by atoms with Crippen molar-refractivity contribution in [3.05, 3.63) is 41.0 Å². The van der Waals surface area contributed by atoms with Crippen LogP contribution in [0.4, 0.5) is 0 Å². The quantitative estimate of drug-likeness (QED) is 0.767. The van der Waals surface area contributed by atoms with E-state index in [2.05, 4.69) is 4.74 Å². The number of esters is 2. The Labute approximate surface area is 106 Å². The van der Waals surface area contributed by atoms with Crippen molar-refractivity contribution in [3.63, 3.8) is 0 Å². The van der Waals surface area contributed by atoms with Crippen molar-refractivity contribution in [1.82, 2.24) is 0 Å². The van der Waals surface area contributed by atoms with Crippen LogP contribution in [-0.4, -0.2) is 26.2 Å². The standard InChI is InChI=1S/C14H16O4/c1-10-11(7-5-9-13(15)17-2)6-4-8-12(10)14(16)18-3/h4-8H,9H2,1-3H3. The van der Waals surface area contributed by atoms with Gasteiger partial charge in [-0.2, -0.15) is 0 Å². The number of ether oxygens (including phenoxy) is 2. The SMILES string of the molecule is COC(=O)CC=Cc1cccc(C(=O)OC)c1C. The van der Waals surface area contributed by atoms with Gasteiger partial charge in [-0.1, -0.05) is 24.3 Å². The fourth-order valence-corrected chi connectivity index (χ4v) is 1.53. The average Bonchev–Trinajstić information content (AvgIpc) is 2.39. The van der Waals surface area contributed by atoms with Crippen LogP contribution in [0, 0.1) is 6.92 Å². The van der Waals surface area contributed by atoms with Crippen molar-refractivity contribution in [1.29, 1.82) is 0 Å². The number of carbonyl (C=O) groups is 2. The van der Waals surface area contributed by atoms with Crippen LogP contribution < -0.4 is 0 Å². The van der Waals surface area contributed by atoms with Gasteiger partial charge in [0.15, 0.2) is 0 Å². The van der Waals surface area contributed by atoms with E-state index in [4.69, 9.17) is 4.74 Å². The van der Waals surface area contributed by atoms with Crippen LogP contribution in [0.1, 0.15) is 27.9 Å². The maximum absolute atomic E-state index is 11.5. The Morgan fingerprint density at radius 2 is 1.94 bits per heavy atom. The maximum atomic E-state index is 11.5. The van der Waals surface area contributed by atoms with E-state index in [-0.39, 0.29) is 18.4 Å². The monoisotopic (exact) mass is 248 g/mol. The lowest BCUT2D eigenvalue weighted by molar-refractivity contribution is -0.139. The molecule has 0 aliphatic heterocycles. The summed E-state index contributed by atoms with van der Waals surface area (Å²) in [6, 6.07) is 5.35. The van der Waals surface area contributed by atoms with E-state index in [0.29, 0.717) is 5.56 Å². The van der Waals surface area contributed by atoms with Crippen LogP contribution in [0.2, 0.25) is 0 Å². The second kappa shape index (κ2) is 6.59. The molecule has 0 saturated carbocycles. The van der Waals surface area contributed by atoms with Crippen molar-refractivity contribution in [2.75, 3.05) is 14.2 Å². The van der Waals surface area contributed by atoms with E-state index in [1.165, 1.54) is 14.2 Å². The van der Waals surface area contributed by atoms with Crippen LogP contribution in [0.3, 0.4) is 0 Å². The van der Waals surface area contributed by atoms with Gasteiger partial charge in [0.05, 0.1) is 26.2 Å². The van der Waals surface area contributed by atoms with Gasteiger partial charge in [-0.3, -0.25) is 4.79 Å². The number of hydrogen-bond donors (Lipinski definition) is 0. The fraction of sp³-hybridized carbons (Fsp3) is 0.286. The Morgan fingerprint density at radius 3 is 2.56 bits per heavy atom. The smallest absolute Gasteiger partial charge is 0.338 e. The third-order valence-electron chi connectivity index (χ3n) is 2.59. The summed E-state index contributed by atoms with van der Waals surface area (Å²) >= 11 is 0. The lowest BCUT2D eigenvalue weighted by atomic mass is 10.0.